The van der Waals surface area contributed by atoms with Gasteiger partial charge in [-0.3, -0.25) is 9.78 Å². The largest absolute Gasteiger partial charge is 0.335 e. The molecule has 1 aromatic carbocycles. The lowest BCUT2D eigenvalue weighted by atomic mass is 9.87. The second kappa shape index (κ2) is 9.14. The Kier molecular flexibility index (Phi) is 6.35. The molecule has 0 N–H and O–H groups in total. The van der Waals surface area contributed by atoms with Crippen LogP contribution in [-0.2, 0) is 6.42 Å². The van der Waals surface area contributed by atoms with Gasteiger partial charge in [-0.05, 0) is 61.9 Å². The fourth-order valence-corrected chi connectivity index (χ4v) is 4.42. The van der Waals surface area contributed by atoms with E-state index in [9.17, 15) is 4.79 Å². The molecule has 1 aliphatic heterocycles. The molecule has 1 fully saturated rings. The van der Waals surface area contributed by atoms with Crippen LogP contribution in [0.2, 0.25) is 10.0 Å². The van der Waals surface area contributed by atoms with Crippen molar-refractivity contribution < 1.29 is 4.79 Å². The Hall–Kier alpha value is -2.44. The van der Waals surface area contributed by atoms with Crippen molar-refractivity contribution in [2.24, 2.45) is 5.92 Å². The molecule has 0 aliphatic carbocycles. The van der Waals surface area contributed by atoms with Gasteiger partial charge in [0.25, 0.3) is 5.91 Å². The van der Waals surface area contributed by atoms with E-state index in [1.807, 2.05) is 17.0 Å². The van der Waals surface area contributed by atoms with Crippen LogP contribution in [0.25, 0.3) is 5.69 Å². The molecule has 8 heteroatoms. The van der Waals surface area contributed by atoms with Crippen LogP contribution in [0.4, 0.5) is 0 Å². The molecule has 3 heterocycles. The SMILES string of the molecule is C[C@@H]1CCCN(C(=O)c2ccc(Cl)cc2-n2nccn2)[C@@H]1CCc1ccc(Cl)cn1. The molecule has 30 heavy (non-hydrogen) atoms. The van der Waals surface area contributed by atoms with Gasteiger partial charge in [0.1, 0.15) is 0 Å². The van der Waals surface area contributed by atoms with Crippen LogP contribution < -0.4 is 0 Å². The van der Waals surface area contributed by atoms with Gasteiger partial charge in [-0.25, -0.2) is 0 Å². The van der Waals surface area contributed by atoms with Gasteiger partial charge >= 0.3 is 0 Å². The van der Waals surface area contributed by atoms with E-state index in [4.69, 9.17) is 23.2 Å². The number of aromatic nitrogens is 4. The van der Waals surface area contributed by atoms with E-state index >= 15 is 0 Å². The fraction of sp³-hybridized carbons (Fsp3) is 0.364. The van der Waals surface area contributed by atoms with Gasteiger partial charge in [-0.2, -0.15) is 15.0 Å². The normalized spacial score (nSPS) is 19.1. The maximum Gasteiger partial charge on any atom is 0.256 e. The second-order valence-electron chi connectivity index (χ2n) is 7.67. The molecule has 2 atom stereocenters. The first-order valence-electron chi connectivity index (χ1n) is 10.1. The summed E-state index contributed by atoms with van der Waals surface area (Å²) in [6.07, 6.45) is 8.58. The molecule has 3 aromatic rings. The van der Waals surface area contributed by atoms with Crippen LogP contribution in [0.5, 0.6) is 0 Å². The Bertz CT molecular complexity index is 1010. The molecular weight excluding hydrogens is 421 g/mol. The zero-order valence-corrected chi connectivity index (χ0v) is 18.2. The lowest BCUT2D eigenvalue weighted by molar-refractivity contribution is 0.0499. The van der Waals surface area contributed by atoms with Crippen molar-refractivity contribution in [3.05, 3.63) is 70.2 Å². The Morgan fingerprint density at radius 1 is 1.13 bits per heavy atom. The highest BCUT2D eigenvalue weighted by Gasteiger charge is 2.33. The van der Waals surface area contributed by atoms with E-state index in [0.717, 1.165) is 37.9 Å². The van der Waals surface area contributed by atoms with E-state index in [0.29, 0.717) is 27.2 Å². The Balaban J connectivity index is 1.59. The Morgan fingerprint density at radius 2 is 1.90 bits per heavy atom. The van der Waals surface area contributed by atoms with Crippen molar-refractivity contribution >= 4 is 29.1 Å². The van der Waals surface area contributed by atoms with Gasteiger partial charge in [-0.1, -0.05) is 30.1 Å². The van der Waals surface area contributed by atoms with Crippen molar-refractivity contribution in [2.45, 2.75) is 38.6 Å². The Morgan fingerprint density at radius 3 is 2.63 bits per heavy atom. The first kappa shape index (κ1) is 20.8. The quantitative estimate of drug-likeness (QED) is 0.565. The summed E-state index contributed by atoms with van der Waals surface area (Å²) < 4.78 is 0. The topological polar surface area (TPSA) is 63.9 Å². The number of benzene rings is 1. The minimum absolute atomic E-state index is 0.0143. The molecule has 0 saturated carbocycles. The number of nitrogens with zero attached hydrogens (tertiary/aromatic N) is 5. The summed E-state index contributed by atoms with van der Waals surface area (Å²) in [7, 11) is 0. The molecule has 0 radical (unpaired) electrons. The molecule has 156 valence electrons. The summed E-state index contributed by atoms with van der Waals surface area (Å²) >= 11 is 12.1. The lowest BCUT2D eigenvalue weighted by Gasteiger charge is -2.40. The monoisotopic (exact) mass is 443 g/mol. The highest BCUT2D eigenvalue weighted by molar-refractivity contribution is 6.31. The van der Waals surface area contributed by atoms with E-state index in [1.54, 1.807) is 36.8 Å². The van der Waals surface area contributed by atoms with Crippen molar-refractivity contribution in [3.8, 4) is 5.69 Å². The first-order chi connectivity index (χ1) is 14.5. The third-order valence-electron chi connectivity index (χ3n) is 5.69. The standard InChI is InChI=1S/C22H23Cl2N5O/c1-15-3-2-12-28(20(15)9-7-18-6-4-17(24)14-25-18)22(30)19-8-5-16(23)13-21(19)29-26-10-11-27-29/h4-6,8,10-11,13-15,20H,2-3,7,9,12H2,1H3/t15-,20-/m1/s1. The number of rotatable bonds is 5. The summed E-state index contributed by atoms with van der Waals surface area (Å²) in [6, 6.07) is 9.17. The van der Waals surface area contributed by atoms with Gasteiger partial charge in [0.05, 0.1) is 28.7 Å². The summed E-state index contributed by atoms with van der Waals surface area (Å²) in [4.78, 5) is 21.5. The molecule has 0 bridgehead atoms. The maximum absolute atomic E-state index is 13.6. The summed E-state index contributed by atoms with van der Waals surface area (Å²) in [5.41, 5.74) is 2.13. The molecule has 1 saturated heterocycles. The van der Waals surface area contributed by atoms with Crippen LogP contribution in [0, 0.1) is 5.92 Å². The first-order valence-corrected chi connectivity index (χ1v) is 10.9. The van der Waals surface area contributed by atoms with Crippen molar-refractivity contribution in [2.75, 3.05) is 6.54 Å². The number of piperidine rings is 1. The molecule has 0 spiro atoms. The summed E-state index contributed by atoms with van der Waals surface area (Å²) in [5.74, 6) is 0.396. The zero-order chi connectivity index (χ0) is 21.1. The van der Waals surface area contributed by atoms with Crippen LogP contribution in [0.1, 0.15) is 42.2 Å². The number of likely N-dealkylation sites (tertiary alicyclic amines) is 1. The number of aryl methyl sites for hydroxylation is 1. The fourth-order valence-electron chi connectivity index (χ4n) is 4.14. The van der Waals surface area contributed by atoms with Crippen LogP contribution >= 0.6 is 23.2 Å². The molecule has 2 aromatic heterocycles. The van der Waals surface area contributed by atoms with Gasteiger partial charge < -0.3 is 4.90 Å². The highest BCUT2D eigenvalue weighted by atomic mass is 35.5. The van der Waals surface area contributed by atoms with Crippen molar-refractivity contribution in [1.29, 1.82) is 0 Å². The number of halogens is 2. The minimum Gasteiger partial charge on any atom is -0.335 e. The smallest absolute Gasteiger partial charge is 0.256 e. The molecule has 4 rings (SSSR count). The second-order valence-corrected chi connectivity index (χ2v) is 8.54. The van der Waals surface area contributed by atoms with Gasteiger partial charge in [0.2, 0.25) is 0 Å². The number of hydrogen-bond donors (Lipinski definition) is 0. The minimum atomic E-state index is -0.0143. The maximum atomic E-state index is 13.6. The van der Waals surface area contributed by atoms with Gasteiger partial charge in [-0.15, -0.1) is 0 Å². The molecule has 1 amide bonds. The number of pyridine rings is 1. The number of carbonyl (C=O) groups is 1. The number of hydrogen-bond acceptors (Lipinski definition) is 4. The molecule has 1 aliphatic rings. The molecular formula is C22H23Cl2N5O. The lowest BCUT2D eigenvalue weighted by Crippen LogP contribution is -2.48. The summed E-state index contributed by atoms with van der Waals surface area (Å²) in [5, 5.41) is 9.55. The van der Waals surface area contributed by atoms with Crippen molar-refractivity contribution in [1.82, 2.24) is 24.9 Å². The average molecular weight is 444 g/mol. The summed E-state index contributed by atoms with van der Waals surface area (Å²) in [6.45, 7) is 2.95. The number of amides is 1. The van der Waals surface area contributed by atoms with E-state index < -0.39 is 0 Å². The zero-order valence-electron chi connectivity index (χ0n) is 16.7. The van der Waals surface area contributed by atoms with Gasteiger partial charge in [0, 0.05) is 29.5 Å². The molecule has 6 nitrogen and oxygen atoms in total. The predicted octanol–water partition coefficient (Wildman–Crippen LogP) is 4.84. The third kappa shape index (κ3) is 4.50. The average Bonchev–Trinajstić information content (AvgIpc) is 3.28. The Labute approximate surface area is 185 Å². The third-order valence-corrected chi connectivity index (χ3v) is 6.14. The predicted molar refractivity (Wildman–Crippen MR) is 117 cm³/mol. The molecule has 0 unspecified atom stereocenters. The van der Waals surface area contributed by atoms with E-state index in [2.05, 4.69) is 22.1 Å². The van der Waals surface area contributed by atoms with Crippen LogP contribution in [0.15, 0.2) is 48.9 Å². The van der Waals surface area contributed by atoms with Crippen molar-refractivity contribution in [3.63, 3.8) is 0 Å². The van der Waals surface area contributed by atoms with Crippen LogP contribution in [-0.4, -0.2) is 43.4 Å². The van der Waals surface area contributed by atoms with Crippen LogP contribution in [0.3, 0.4) is 0 Å². The highest BCUT2D eigenvalue weighted by Crippen LogP contribution is 2.30. The van der Waals surface area contributed by atoms with E-state index in [-0.39, 0.29) is 11.9 Å². The van der Waals surface area contributed by atoms with Gasteiger partial charge in [0.15, 0.2) is 0 Å². The number of carbonyl (C=O) groups excluding carboxylic acids is 1. The van der Waals surface area contributed by atoms with E-state index in [1.165, 1.54) is 4.80 Å².